The van der Waals surface area contributed by atoms with Gasteiger partial charge in [-0.05, 0) is 30.7 Å². The quantitative estimate of drug-likeness (QED) is 0.353. The summed E-state index contributed by atoms with van der Waals surface area (Å²) in [5.74, 6) is 0.655. The second-order valence-electron chi connectivity index (χ2n) is 6.02. The molecular formula is C20H22N4O4. The predicted octanol–water partition coefficient (Wildman–Crippen LogP) is 2.59. The molecule has 1 aromatic heterocycles. The number of hydrogen-bond donors (Lipinski definition) is 2. The average Bonchev–Trinajstić information content (AvgIpc) is 2.71. The van der Waals surface area contributed by atoms with Gasteiger partial charge < -0.3 is 14.6 Å². The number of methoxy groups -OCH3 is 2. The van der Waals surface area contributed by atoms with Gasteiger partial charge in [-0.15, -0.1) is 0 Å². The summed E-state index contributed by atoms with van der Waals surface area (Å²) < 4.78 is 11.7. The van der Waals surface area contributed by atoms with Crippen molar-refractivity contribution in [2.24, 2.45) is 5.10 Å². The van der Waals surface area contributed by atoms with Crippen LogP contribution in [0.25, 0.3) is 10.9 Å². The average molecular weight is 382 g/mol. The number of hydrogen-bond acceptors (Lipinski definition) is 7. The number of nitrogens with one attached hydrogen (secondary N) is 1. The molecule has 0 spiro atoms. The Morgan fingerprint density at radius 3 is 2.82 bits per heavy atom. The molecule has 0 saturated carbocycles. The van der Waals surface area contributed by atoms with Crippen LogP contribution < -0.4 is 15.7 Å². The topological polar surface area (TPSA) is 98.0 Å². The van der Waals surface area contributed by atoms with Crippen LogP contribution in [0, 0.1) is 0 Å². The van der Waals surface area contributed by atoms with Gasteiger partial charge in [0.25, 0.3) is 5.56 Å². The summed E-state index contributed by atoms with van der Waals surface area (Å²) in [5.41, 5.74) is 3.72. The van der Waals surface area contributed by atoms with E-state index < -0.39 is 0 Å². The van der Waals surface area contributed by atoms with Crippen LogP contribution in [0.3, 0.4) is 0 Å². The lowest BCUT2D eigenvalue weighted by Gasteiger charge is -2.12. The molecule has 0 aliphatic carbocycles. The monoisotopic (exact) mass is 382 g/mol. The van der Waals surface area contributed by atoms with Crippen LogP contribution in [-0.4, -0.2) is 41.7 Å². The molecule has 28 heavy (non-hydrogen) atoms. The Bertz CT molecular complexity index is 1050. The highest BCUT2D eigenvalue weighted by Crippen LogP contribution is 2.28. The number of phenols is 1. The van der Waals surface area contributed by atoms with Gasteiger partial charge in [0.15, 0.2) is 11.5 Å². The SMILES string of the molecule is COCCCn1c(N/N=C/c2cccc(OC)c2O)nc2ccccc2c1=O. The third-order valence-corrected chi connectivity index (χ3v) is 4.21. The number of fused-ring (bicyclic) bond motifs is 1. The van der Waals surface area contributed by atoms with Gasteiger partial charge in [0.05, 0.1) is 24.2 Å². The van der Waals surface area contributed by atoms with E-state index in [4.69, 9.17) is 9.47 Å². The largest absolute Gasteiger partial charge is 0.504 e. The number of benzene rings is 2. The van der Waals surface area contributed by atoms with Crippen molar-refractivity contribution >= 4 is 23.1 Å². The number of aromatic nitrogens is 2. The molecule has 0 aliphatic heterocycles. The van der Waals surface area contributed by atoms with E-state index in [-0.39, 0.29) is 11.3 Å². The molecule has 3 rings (SSSR count). The van der Waals surface area contributed by atoms with Crippen molar-refractivity contribution in [1.29, 1.82) is 0 Å². The minimum absolute atomic E-state index is 0.0143. The molecule has 0 amide bonds. The van der Waals surface area contributed by atoms with Gasteiger partial charge in [0, 0.05) is 25.8 Å². The third kappa shape index (κ3) is 4.12. The first kappa shape index (κ1) is 19.4. The van der Waals surface area contributed by atoms with E-state index >= 15 is 0 Å². The van der Waals surface area contributed by atoms with Crippen LogP contribution in [0.1, 0.15) is 12.0 Å². The Hall–Kier alpha value is -3.39. The summed E-state index contributed by atoms with van der Waals surface area (Å²) in [5, 5.41) is 14.8. The highest BCUT2D eigenvalue weighted by atomic mass is 16.5. The Balaban J connectivity index is 1.93. The molecule has 0 radical (unpaired) electrons. The minimum atomic E-state index is -0.149. The molecule has 0 fully saturated rings. The fourth-order valence-electron chi connectivity index (χ4n) is 2.80. The van der Waals surface area contributed by atoms with Crippen molar-refractivity contribution in [3.63, 3.8) is 0 Å². The second kappa shape index (κ2) is 9.01. The highest BCUT2D eigenvalue weighted by molar-refractivity contribution is 5.85. The lowest BCUT2D eigenvalue weighted by atomic mass is 10.2. The normalized spacial score (nSPS) is 11.2. The van der Waals surface area contributed by atoms with Crippen LogP contribution in [0.2, 0.25) is 0 Å². The summed E-state index contributed by atoms with van der Waals surface area (Å²) in [6.07, 6.45) is 2.10. The summed E-state index contributed by atoms with van der Waals surface area (Å²) in [6, 6.07) is 12.3. The van der Waals surface area contributed by atoms with Gasteiger partial charge in [-0.25, -0.2) is 10.4 Å². The number of phenolic OH excluding ortho intramolecular Hbond substituents is 1. The number of aromatic hydroxyl groups is 1. The van der Waals surface area contributed by atoms with Crippen LogP contribution in [0.15, 0.2) is 52.4 Å². The summed E-state index contributed by atoms with van der Waals surface area (Å²) in [4.78, 5) is 17.4. The number of para-hydroxylation sites is 2. The van der Waals surface area contributed by atoms with E-state index in [1.54, 1.807) is 37.4 Å². The van der Waals surface area contributed by atoms with Crippen molar-refractivity contribution in [3.05, 3.63) is 58.4 Å². The molecule has 0 atom stereocenters. The van der Waals surface area contributed by atoms with E-state index in [1.165, 1.54) is 17.9 Å². The lowest BCUT2D eigenvalue weighted by Crippen LogP contribution is -2.24. The van der Waals surface area contributed by atoms with E-state index in [2.05, 4.69) is 15.5 Å². The van der Waals surface area contributed by atoms with Gasteiger partial charge in [-0.2, -0.15) is 5.10 Å². The van der Waals surface area contributed by atoms with Crippen LogP contribution in [0.4, 0.5) is 5.95 Å². The Labute approximate surface area is 162 Å². The summed E-state index contributed by atoms with van der Waals surface area (Å²) in [7, 11) is 3.09. The zero-order valence-corrected chi connectivity index (χ0v) is 15.8. The van der Waals surface area contributed by atoms with E-state index in [9.17, 15) is 9.90 Å². The van der Waals surface area contributed by atoms with E-state index in [0.717, 1.165) is 0 Å². The number of nitrogens with zero attached hydrogens (tertiary/aromatic N) is 3. The molecule has 146 valence electrons. The fourth-order valence-corrected chi connectivity index (χ4v) is 2.80. The maximum Gasteiger partial charge on any atom is 0.262 e. The zero-order valence-electron chi connectivity index (χ0n) is 15.8. The summed E-state index contributed by atoms with van der Waals surface area (Å²) >= 11 is 0. The van der Waals surface area contributed by atoms with Crippen LogP contribution >= 0.6 is 0 Å². The Kier molecular flexibility index (Phi) is 6.23. The van der Waals surface area contributed by atoms with Gasteiger partial charge in [-0.1, -0.05) is 18.2 Å². The molecular weight excluding hydrogens is 360 g/mol. The maximum absolute atomic E-state index is 12.8. The van der Waals surface area contributed by atoms with Crippen molar-refractivity contribution in [2.45, 2.75) is 13.0 Å². The first-order valence-corrected chi connectivity index (χ1v) is 8.79. The Morgan fingerprint density at radius 2 is 2.04 bits per heavy atom. The molecule has 2 aromatic carbocycles. The zero-order chi connectivity index (χ0) is 19.9. The minimum Gasteiger partial charge on any atom is -0.504 e. The molecule has 1 heterocycles. The summed E-state index contributed by atoms with van der Waals surface area (Å²) in [6.45, 7) is 0.965. The first-order valence-electron chi connectivity index (χ1n) is 8.79. The van der Waals surface area contributed by atoms with Crippen molar-refractivity contribution in [2.75, 3.05) is 26.3 Å². The number of ether oxygens (including phenoxy) is 2. The van der Waals surface area contributed by atoms with Crippen molar-refractivity contribution in [3.8, 4) is 11.5 Å². The van der Waals surface area contributed by atoms with Crippen LogP contribution in [0.5, 0.6) is 11.5 Å². The Morgan fingerprint density at radius 1 is 1.21 bits per heavy atom. The highest BCUT2D eigenvalue weighted by Gasteiger charge is 2.10. The molecule has 2 N–H and O–H groups in total. The van der Waals surface area contributed by atoms with Crippen LogP contribution in [-0.2, 0) is 11.3 Å². The first-order chi connectivity index (χ1) is 13.7. The molecule has 0 aliphatic rings. The van der Waals surface area contributed by atoms with Gasteiger partial charge in [0.2, 0.25) is 5.95 Å². The molecule has 0 bridgehead atoms. The predicted molar refractivity (Wildman–Crippen MR) is 108 cm³/mol. The van der Waals surface area contributed by atoms with Gasteiger partial charge in [-0.3, -0.25) is 9.36 Å². The standard InChI is InChI=1S/C20H22N4O4/c1-27-12-6-11-24-19(26)15-8-3-4-9-16(15)22-20(24)23-21-13-14-7-5-10-17(28-2)18(14)25/h3-5,7-10,13,25H,6,11-12H2,1-2H3,(H,22,23)/b21-13+. The number of hydrazone groups is 1. The van der Waals surface area contributed by atoms with E-state index in [1.807, 2.05) is 12.1 Å². The molecule has 3 aromatic rings. The molecule has 0 saturated heterocycles. The number of anilines is 1. The lowest BCUT2D eigenvalue weighted by molar-refractivity contribution is 0.190. The van der Waals surface area contributed by atoms with Crippen molar-refractivity contribution in [1.82, 2.24) is 9.55 Å². The molecule has 8 nitrogen and oxygen atoms in total. The van der Waals surface area contributed by atoms with E-state index in [0.29, 0.717) is 47.7 Å². The molecule has 8 heteroatoms. The van der Waals surface area contributed by atoms with Gasteiger partial charge in [0.1, 0.15) is 0 Å². The molecule has 0 unspecified atom stereocenters. The maximum atomic E-state index is 12.8. The van der Waals surface area contributed by atoms with Crippen molar-refractivity contribution < 1.29 is 14.6 Å². The third-order valence-electron chi connectivity index (χ3n) is 4.21. The smallest absolute Gasteiger partial charge is 0.262 e. The number of rotatable bonds is 8. The fraction of sp³-hybridized carbons (Fsp3) is 0.250. The van der Waals surface area contributed by atoms with Gasteiger partial charge >= 0.3 is 0 Å². The second-order valence-corrected chi connectivity index (χ2v) is 6.02.